The quantitative estimate of drug-likeness (QED) is 0.701. The molecule has 2 rings (SSSR count). The van der Waals surface area contributed by atoms with Crippen LogP contribution in [0.4, 0.5) is 0 Å². The average Bonchev–Trinajstić information content (AvgIpc) is 3.09. The summed E-state index contributed by atoms with van der Waals surface area (Å²) in [5, 5.41) is 6.09. The number of carbonyl (C=O) groups excluding carboxylic acids is 1. The molecular formula is C15H20N2O3S. The highest BCUT2D eigenvalue weighted by atomic mass is 32.1. The van der Waals surface area contributed by atoms with Gasteiger partial charge < -0.3 is 9.26 Å². The summed E-state index contributed by atoms with van der Waals surface area (Å²) in [5.74, 6) is 0.570. The summed E-state index contributed by atoms with van der Waals surface area (Å²) in [4.78, 5) is 14.7. The molecule has 6 heteroatoms. The zero-order valence-corrected chi connectivity index (χ0v) is 13.2. The van der Waals surface area contributed by atoms with Crippen molar-refractivity contribution in [2.45, 2.75) is 26.8 Å². The fraction of sp³-hybridized carbons (Fsp3) is 0.467. The highest BCUT2D eigenvalue weighted by Gasteiger charge is 2.14. The molecule has 0 fully saturated rings. The van der Waals surface area contributed by atoms with Crippen LogP contribution < -0.4 is 0 Å². The Morgan fingerprint density at radius 1 is 1.48 bits per heavy atom. The van der Waals surface area contributed by atoms with Crippen LogP contribution in [0.2, 0.25) is 0 Å². The van der Waals surface area contributed by atoms with Crippen molar-refractivity contribution in [3.63, 3.8) is 0 Å². The third-order valence-electron chi connectivity index (χ3n) is 2.91. The number of rotatable bonds is 8. The zero-order chi connectivity index (χ0) is 15.1. The minimum Gasteiger partial charge on any atom is -0.465 e. The number of thiophene rings is 1. The second-order valence-electron chi connectivity index (χ2n) is 4.68. The van der Waals surface area contributed by atoms with Crippen molar-refractivity contribution in [2.75, 3.05) is 19.7 Å². The molecule has 0 saturated carbocycles. The van der Waals surface area contributed by atoms with Crippen molar-refractivity contribution in [3.8, 4) is 10.6 Å². The Morgan fingerprint density at radius 3 is 3.00 bits per heavy atom. The van der Waals surface area contributed by atoms with Crippen LogP contribution in [0.3, 0.4) is 0 Å². The van der Waals surface area contributed by atoms with Crippen LogP contribution >= 0.6 is 11.3 Å². The Labute approximate surface area is 128 Å². The molecule has 0 amide bonds. The van der Waals surface area contributed by atoms with Gasteiger partial charge in [-0.05, 0) is 31.3 Å². The molecule has 2 aromatic rings. The van der Waals surface area contributed by atoms with Gasteiger partial charge in [-0.1, -0.05) is 18.1 Å². The summed E-state index contributed by atoms with van der Waals surface area (Å²) in [7, 11) is 0. The second kappa shape index (κ2) is 7.95. The fourth-order valence-corrected chi connectivity index (χ4v) is 2.74. The maximum absolute atomic E-state index is 11.6. The molecule has 0 atom stereocenters. The number of hydrogen-bond donors (Lipinski definition) is 0. The summed E-state index contributed by atoms with van der Waals surface area (Å²) < 4.78 is 10.4. The first-order valence-corrected chi connectivity index (χ1v) is 7.98. The fourth-order valence-electron chi connectivity index (χ4n) is 2.07. The molecule has 2 heterocycles. The number of nitrogens with zero attached hydrogens (tertiary/aromatic N) is 2. The lowest BCUT2D eigenvalue weighted by atomic mass is 10.3. The van der Waals surface area contributed by atoms with Gasteiger partial charge in [0.2, 0.25) is 0 Å². The lowest BCUT2D eigenvalue weighted by Gasteiger charge is -2.18. The molecule has 5 nitrogen and oxygen atoms in total. The largest absolute Gasteiger partial charge is 0.465 e. The van der Waals surface area contributed by atoms with Crippen molar-refractivity contribution in [2.24, 2.45) is 0 Å². The average molecular weight is 308 g/mol. The first kappa shape index (κ1) is 15.7. The van der Waals surface area contributed by atoms with Crippen LogP contribution in [0, 0.1) is 0 Å². The minimum absolute atomic E-state index is 0.201. The van der Waals surface area contributed by atoms with Crippen molar-refractivity contribution < 1.29 is 14.1 Å². The van der Waals surface area contributed by atoms with Crippen LogP contribution in [-0.2, 0) is 16.1 Å². The topological polar surface area (TPSA) is 55.6 Å². The van der Waals surface area contributed by atoms with Crippen molar-refractivity contribution in [3.05, 3.63) is 29.3 Å². The molecule has 0 spiro atoms. The number of carbonyl (C=O) groups is 1. The van der Waals surface area contributed by atoms with Crippen molar-refractivity contribution in [1.82, 2.24) is 10.1 Å². The first-order chi connectivity index (χ1) is 10.2. The molecule has 0 unspecified atom stereocenters. The van der Waals surface area contributed by atoms with E-state index in [4.69, 9.17) is 9.26 Å². The monoisotopic (exact) mass is 308 g/mol. The molecule has 0 N–H and O–H groups in total. The Morgan fingerprint density at radius 2 is 2.33 bits per heavy atom. The van der Waals surface area contributed by atoms with Gasteiger partial charge in [0, 0.05) is 12.6 Å². The third kappa shape index (κ3) is 4.68. The Kier molecular flexibility index (Phi) is 5.95. The maximum atomic E-state index is 11.6. The van der Waals surface area contributed by atoms with E-state index in [2.05, 4.69) is 12.1 Å². The van der Waals surface area contributed by atoms with E-state index in [0.29, 0.717) is 13.2 Å². The van der Waals surface area contributed by atoms with Crippen molar-refractivity contribution >= 4 is 17.3 Å². The highest BCUT2D eigenvalue weighted by Crippen LogP contribution is 2.25. The number of hydrogen-bond acceptors (Lipinski definition) is 6. The normalized spacial score (nSPS) is 11.0. The number of ether oxygens (including phenoxy) is 1. The van der Waals surface area contributed by atoms with Gasteiger partial charge in [-0.2, -0.15) is 0 Å². The molecule has 21 heavy (non-hydrogen) atoms. The van der Waals surface area contributed by atoms with Gasteiger partial charge in [0.1, 0.15) is 0 Å². The molecular weight excluding hydrogens is 288 g/mol. The van der Waals surface area contributed by atoms with Crippen molar-refractivity contribution in [1.29, 1.82) is 0 Å². The van der Waals surface area contributed by atoms with Gasteiger partial charge in [-0.15, -0.1) is 11.3 Å². The summed E-state index contributed by atoms with van der Waals surface area (Å²) >= 11 is 1.61. The molecule has 0 aliphatic heterocycles. The van der Waals surface area contributed by atoms with Gasteiger partial charge in [0.25, 0.3) is 0 Å². The van der Waals surface area contributed by atoms with E-state index in [0.717, 1.165) is 29.3 Å². The Bertz CT molecular complexity index is 551. The minimum atomic E-state index is -0.201. The first-order valence-electron chi connectivity index (χ1n) is 7.10. The van der Waals surface area contributed by atoms with E-state index in [1.165, 1.54) is 0 Å². The van der Waals surface area contributed by atoms with Gasteiger partial charge in [-0.3, -0.25) is 9.69 Å². The highest BCUT2D eigenvalue weighted by molar-refractivity contribution is 7.13. The lowest BCUT2D eigenvalue weighted by molar-refractivity contribution is -0.144. The van der Waals surface area contributed by atoms with Gasteiger partial charge >= 0.3 is 5.97 Å². The number of esters is 1. The van der Waals surface area contributed by atoms with E-state index in [-0.39, 0.29) is 12.5 Å². The van der Waals surface area contributed by atoms with E-state index < -0.39 is 0 Å². The summed E-state index contributed by atoms with van der Waals surface area (Å²) in [6, 6.07) is 5.91. The Balaban J connectivity index is 1.98. The smallest absolute Gasteiger partial charge is 0.320 e. The Hall–Kier alpha value is -1.66. The number of aromatic nitrogens is 1. The summed E-state index contributed by atoms with van der Waals surface area (Å²) in [6.07, 6.45) is 0.967. The van der Waals surface area contributed by atoms with Crippen LogP contribution in [0.5, 0.6) is 0 Å². The second-order valence-corrected chi connectivity index (χ2v) is 5.62. The zero-order valence-electron chi connectivity index (χ0n) is 12.4. The summed E-state index contributed by atoms with van der Waals surface area (Å²) in [6.45, 7) is 5.99. The lowest BCUT2D eigenvalue weighted by Crippen LogP contribution is -2.31. The van der Waals surface area contributed by atoms with Crippen LogP contribution in [0.1, 0.15) is 26.0 Å². The molecule has 0 aliphatic rings. The molecule has 0 saturated heterocycles. The predicted molar refractivity (Wildman–Crippen MR) is 82.0 cm³/mol. The molecule has 2 aromatic heterocycles. The maximum Gasteiger partial charge on any atom is 0.320 e. The van der Waals surface area contributed by atoms with Crippen LogP contribution in [-0.4, -0.2) is 35.7 Å². The molecule has 0 radical (unpaired) electrons. The van der Waals surface area contributed by atoms with E-state index in [1.54, 1.807) is 11.3 Å². The third-order valence-corrected chi connectivity index (χ3v) is 3.79. The van der Waals surface area contributed by atoms with Gasteiger partial charge in [0.15, 0.2) is 5.76 Å². The predicted octanol–water partition coefficient (Wildman–Crippen LogP) is 3.18. The van der Waals surface area contributed by atoms with Gasteiger partial charge in [0.05, 0.1) is 23.7 Å². The molecule has 0 aliphatic carbocycles. The van der Waals surface area contributed by atoms with E-state index in [1.807, 2.05) is 35.4 Å². The standard InChI is InChI=1S/C15H20N2O3S/c1-3-7-17(11-15(18)19-4-2)10-12-9-13(20-16-12)14-6-5-8-21-14/h5-6,8-9H,3-4,7,10-11H2,1-2H3. The summed E-state index contributed by atoms with van der Waals surface area (Å²) in [5.41, 5.74) is 0.830. The molecule has 0 aromatic carbocycles. The molecule has 0 bridgehead atoms. The SMILES string of the molecule is CCCN(CC(=O)OCC)Cc1cc(-c2cccs2)on1. The van der Waals surface area contributed by atoms with E-state index in [9.17, 15) is 4.79 Å². The van der Waals surface area contributed by atoms with Crippen LogP contribution in [0.25, 0.3) is 10.6 Å². The van der Waals surface area contributed by atoms with E-state index >= 15 is 0 Å². The van der Waals surface area contributed by atoms with Gasteiger partial charge in [-0.25, -0.2) is 0 Å². The van der Waals surface area contributed by atoms with Crippen LogP contribution in [0.15, 0.2) is 28.1 Å². The molecule has 114 valence electrons.